The largest absolute Gasteiger partial charge is 0.497 e. The van der Waals surface area contributed by atoms with Crippen LogP contribution in [0.25, 0.3) is 0 Å². The van der Waals surface area contributed by atoms with Gasteiger partial charge in [0.2, 0.25) is 0 Å². The summed E-state index contributed by atoms with van der Waals surface area (Å²) in [4.78, 5) is 23.2. The van der Waals surface area contributed by atoms with Crippen LogP contribution in [0.5, 0.6) is 5.75 Å². The number of aliphatic hydroxyl groups excluding tert-OH is 1. The Labute approximate surface area is 153 Å². The number of esters is 2. The summed E-state index contributed by atoms with van der Waals surface area (Å²) in [6.07, 6.45) is 1.14. The van der Waals surface area contributed by atoms with E-state index in [1.54, 1.807) is 21.0 Å². The second-order valence-electron chi connectivity index (χ2n) is 5.34. The molecule has 0 heterocycles. The highest BCUT2D eigenvalue weighted by molar-refractivity contribution is 5.82. The van der Waals surface area contributed by atoms with Crippen LogP contribution in [0.4, 0.5) is 0 Å². The standard InChI is InChI=1S/C19H26O7/c1-4-25-17(20)11-8-15(18(21)19(22)26-5-2)13-24-12-14-6-9-16(23-3)10-7-14/h6-11,15,18,21H,4-5,12-13H2,1-3H3/b11-8+/t15-,18-/m1/s1. The first-order valence-electron chi connectivity index (χ1n) is 8.42. The number of rotatable bonds is 11. The Morgan fingerprint density at radius 1 is 1.12 bits per heavy atom. The fraction of sp³-hybridized carbons (Fsp3) is 0.474. The molecule has 7 nitrogen and oxygen atoms in total. The van der Waals surface area contributed by atoms with Crippen molar-refractivity contribution in [2.24, 2.45) is 5.92 Å². The van der Waals surface area contributed by atoms with Crippen LogP contribution in [-0.2, 0) is 30.4 Å². The Balaban J connectivity index is 2.67. The predicted octanol–water partition coefficient (Wildman–Crippen LogP) is 1.87. The van der Waals surface area contributed by atoms with E-state index >= 15 is 0 Å². The molecule has 0 aliphatic carbocycles. The van der Waals surface area contributed by atoms with E-state index in [4.69, 9.17) is 18.9 Å². The smallest absolute Gasteiger partial charge is 0.335 e. The Morgan fingerprint density at radius 3 is 2.35 bits per heavy atom. The average molecular weight is 366 g/mol. The summed E-state index contributed by atoms with van der Waals surface area (Å²) in [5, 5.41) is 10.1. The molecule has 2 atom stereocenters. The van der Waals surface area contributed by atoms with E-state index in [1.165, 1.54) is 12.2 Å². The quantitative estimate of drug-likeness (QED) is 0.472. The van der Waals surface area contributed by atoms with E-state index < -0.39 is 24.0 Å². The zero-order valence-corrected chi connectivity index (χ0v) is 15.3. The fourth-order valence-electron chi connectivity index (χ4n) is 2.08. The third kappa shape index (κ3) is 7.67. The second-order valence-corrected chi connectivity index (χ2v) is 5.34. The Kier molecular flexibility index (Phi) is 10.0. The van der Waals surface area contributed by atoms with Crippen LogP contribution in [0.3, 0.4) is 0 Å². The summed E-state index contributed by atoms with van der Waals surface area (Å²) in [5.41, 5.74) is 0.907. The highest BCUT2D eigenvalue weighted by Crippen LogP contribution is 2.14. The number of hydrogen-bond donors (Lipinski definition) is 1. The van der Waals surface area contributed by atoms with Gasteiger partial charge in [-0.25, -0.2) is 9.59 Å². The van der Waals surface area contributed by atoms with E-state index in [0.29, 0.717) is 0 Å². The van der Waals surface area contributed by atoms with Crippen LogP contribution >= 0.6 is 0 Å². The molecule has 1 aromatic rings. The Bertz CT molecular complexity index is 580. The summed E-state index contributed by atoms with van der Waals surface area (Å²) in [6.45, 7) is 4.03. The molecule has 0 aliphatic rings. The van der Waals surface area contributed by atoms with Gasteiger partial charge in [0, 0.05) is 12.0 Å². The molecule has 0 aliphatic heterocycles. The lowest BCUT2D eigenvalue weighted by Gasteiger charge is -2.18. The van der Waals surface area contributed by atoms with Gasteiger partial charge in [-0.15, -0.1) is 0 Å². The van der Waals surface area contributed by atoms with Gasteiger partial charge < -0.3 is 24.1 Å². The van der Waals surface area contributed by atoms with Crippen molar-refractivity contribution < 1.29 is 33.6 Å². The van der Waals surface area contributed by atoms with Crippen LogP contribution in [0.15, 0.2) is 36.4 Å². The normalized spacial score (nSPS) is 13.2. The van der Waals surface area contributed by atoms with Crippen molar-refractivity contribution in [3.8, 4) is 5.75 Å². The summed E-state index contributed by atoms with van der Waals surface area (Å²) in [6, 6.07) is 7.32. The Morgan fingerprint density at radius 2 is 1.77 bits per heavy atom. The molecule has 0 amide bonds. The van der Waals surface area contributed by atoms with E-state index in [2.05, 4.69) is 0 Å². The van der Waals surface area contributed by atoms with Crippen LogP contribution < -0.4 is 4.74 Å². The first-order chi connectivity index (χ1) is 12.5. The second kappa shape index (κ2) is 12.1. The first kappa shape index (κ1) is 21.7. The minimum atomic E-state index is -1.43. The van der Waals surface area contributed by atoms with Gasteiger partial charge in [0.15, 0.2) is 6.10 Å². The van der Waals surface area contributed by atoms with Crippen molar-refractivity contribution >= 4 is 11.9 Å². The van der Waals surface area contributed by atoms with Crippen molar-refractivity contribution in [2.75, 3.05) is 26.9 Å². The third-order valence-corrected chi connectivity index (χ3v) is 3.44. The molecular weight excluding hydrogens is 340 g/mol. The number of hydrogen-bond acceptors (Lipinski definition) is 7. The van der Waals surface area contributed by atoms with E-state index in [0.717, 1.165) is 11.3 Å². The maximum Gasteiger partial charge on any atom is 0.335 e. The fourth-order valence-corrected chi connectivity index (χ4v) is 2.08. The molecule has 0 unspecified atom stereocenters. The molecule has 0 fully saturated rings. The molecule has 7 heteroatoms. The lowest BCUT2D eigenvalue weighted by atomic mass is 10.0. The summed E-state index contributed by atoms with van der Waals surface area (Å²) in [5.74, 6) is -1.32. The predicted molar refractivity (Wildman–Crippen MR) is 94.6 cm³/mol. The lowest BCUT2D eigenvalue weighted by Crippen LogP contribution is -2.33. The van der Waals surface area contributed by atoms with Gasteiger partial charge in [-0.1, -0.05) is 18.2 Å². The Hall–Kier alpha value is -2.38. The third-order valence-electron chi connectivity index (χ3n) is 3.44. The molecule has 144 valence electrons. The van der Waals surface area contributed by atoms with E-state index in [9.17, 15) is 14.7 Å². The van der Waals surface area contributed by atoms with Gasteiger partial charge >= 0.3 is 11.9 Å². The molecule has 0 radical (unpaired) electrons. The van der Waals surface area contributed by atoms with Crippen molar-refractivity contribution in [1.82, 2.24) is 0 Å². The van der Waals surface area contributed by atoms with Crippen molar-refractivity contribution in [1.29, 1.82) is 0 Å². The van der Waals surface area contributed by atoms with Crippen molar-refractivity contribution in [3.63, 3.8) is 0 Å². The molecule has 0 aromatic heterocycles. The van der Waals surface area contributed by atoms with Gasteiger partial charge in [-0.3, -0.25) is 0 Å². The highest BCUT2D eigenvalue weighted by Gasteiger charge is 2.26. The van der Waals surface area contributed by atoms with Gasteiger partial charge in [0.1, 0.15) is 5.75 Å². The van der Waals surface area contributed by atoms with Gasteiger partial charge in [0.25, 0.3) is 0 Å². The highest BCUT2D eigenvalue weighted by atomic mass is 16.5. The van der Waals surface area contributed by atoms with Gasteiger partial charge in [0.05, 0.1) is 33.5 Å². The number of carbonyl (C=O) groups is 2. The van der Waals surface area contributed by atoms with Crippen LogP contribution in [0.2, 0.25) is 0 Å². The number of benzene rings is 1. The molecule has 26 heavy (non-hydrogen) atoms. The molecular formula is C19H26O7. The molecule has 0 saturated carbocycles. The zero-order chi connectivity index (χ0) is 19.4. The lowest BCUT2D eigenvalue weighted by molar-refractivity contribution is -0.156. The van der Waals surface area contributed by atoms with Crippen molar-refractivity contribution in [2.45, 2.75) is 26.6 Å². The first-order valence-corrected chi connectivity index (χ1v) is 8.42. The monoisotopic (exact) mass is 366 g/mol. The number of carbonyl (C=O) groups excluding carboxylic acids is 2. The SMILES string of the molecule is CCOC(=O)/C=C/[C@H](COCc1ccc(OC)cc1)[C@@H](O)C(=O)OCC. The molecule has 0 spiro atoms. The van der Waals surface area contributed by atoms with Crippen LogP contribution in [-0.4, -0.2) is 50.1 Å². The summed E-state index contributed by atoms with van der Waals surface area (Å²) >= 11 is 0. The molecule has 0 bridgehead atoms. The van der Waals surface area contributed by atoms with Crippen LogP contribution in [0, 0.1) is 5.92 Å². The molecule has 1 aromatic carbocycles. The zero-order valence-electron chi connectivity index (χ0n) is 15.3. The van der Waals surface area contributed by atoms with Crippen molar-refractivity contribution in [3.05, 3.63) is 42.0 Å². The molecule has 1 N–H and O–H groups in total. The maximum absolute atomic E-state index is 11.8. The van der Waals surface area contributed by atoms with E-state index in [1.807, 2.05) is 24.3 Å². The number of ether oxygens (including phenoxy) is 4. The van der Waals surface area contributed by atoms with Gasteiger partial charge in [-0.2, -0.15) is 0 Å². The van der Waals surface area contributed by atoms with Gasteiger partial charge in [-0.05, 0) is 31.5 Å². The summed E-state index contributed by atoms with van der Waals surface area (Å²) < 4.78 is 20.3. The minimum absolute atomic E-state index is 0.0297. The molecule has 1 rings (SSSR count). The van der Waals surface area contributed by atoms with Crippen LogP contribution in [0.1, 0.15) is 19.4 Å². The average Bonchev–Trinajstić information content (AvgIpc) is 2.64. The maximum atomic E-state index is 11.8. The summed E-state index contributed by atoms with van der Waals surface area (Å²) in [7, 11) is 1.59. The molecule has 0 saturated heterocycles. The number of methoxy groups -OCH3 is 1. The minimum Gasteiger partial charge on any atom is -0.497 e. The van der Waals surface area contributed by atoms with E-state index in [-0.39, 0.29) is 26.4 Å². The number of aliphatic hydroxyl groups is 1. The topological polar surface area (TPSA) is 91.3 Å².